The van der Waals surface area contributed by atoms with Crippen LogP contribution in [-0.4, -0.2) is 17.3 Å². The first-order chi connectivity index (χ1) is 7.62. The number of aliphatic hydroxyl groups is 1. The van der Waals surface area contributed by atoms with Crippen LogP contribution in [0, 0.1) is 11.3 Å². The van der Waals surface area contributed by atoms with Gasteiger partial charge in [0.05, 0.1) is 5.60 Å². The molecule has 0 unspecified atom stereocenters. The van der Waals surface area contributed by atoms with Crippen LogP contribution in [0.1, 0.15) is 64.7 Å². The monoisotopic (exact) mass is 225 g/mol. The number of rotatable bonds is 2. The van der Waals surface area contributed by atoms with E-state index < -0.39 is 5.60 Å². The third kappa shape index (κ3) is 2.02. The maximum absolute atomic E-state index is 11.0. The van der Waals surface area contributed by atoms with E-state index in [9.17, 15) is 5.11 Å². The molecular formula is C14H27NO. The van der Waals surface area contributed by atoms with Gasteiger partial charge in [-0.05, 0) is 44.4 Å². The van der Waals surface area contributed by atoms with Crippen LogP contribution in [-0.2, 0) is 0 Å². The zero-order valence-electron chi connectivity index (χ0n) is 10.7. The molecule has 2 aliphatic carbocycles. The van der Waals surface area contributed by atoms with E-state index in [4.69, 9.17) is 5.73 Å². The zero-order chi connectivity index (χ0) is 11.6. The third-order valence-electron chi connectivity index (χ3n) is 5.29. The summed E-state index contributed by atoms with van der Waals surface area (Å²) in [6, 6.07) is 0. The van der Waals surface area contributed by atoms with Crippen molar-refractivity contribution in [3.05, 3.63) is 0 Å². The second-order valence-corrected chi connectivity index (χ2v) is 6.26. The molecule has 0 saturated heterocycles. The summed E-state index contributed by atoms with van der Waals surface area (Å²) in [6.45, 7) is 2.98. The minimum atomic E-state index is -0.450. The fraction of sp³-hybridized carbons (Fsp3) is 1.00. The Hall–Kier alpha value is -0.0800. The van der Waals surface area contributed by atoms with Gasteiger partial charge >= 0.3 is 0 Å². The van der Waals surface area contributed by atoms with Crippen molar-refractivity contribution in [2.24, 2.45) is 17.1 Å². The maximum atomic E-state index is 11.0. The summed E-state index contributed by atoms with van der Waals surface area (Å²) >= 11 is 0. The number of nitrogens with two attached hydrogens (primary N) is 1. The van der Waals surface area contributed by atoms with E-state index in [1.165, 1.54) is 32.1 Å². The van der Waals surface area contributed by atoms with Crippen LogP contribution in [0.2, 0.25) is 0 Å². The van der Waals surface area contributed by atoms with Gasteiger partial charge in [0.25, 0.3) is 0 Å². The molecule has 3 N–H and O–H groups in total. The molecule has 0 aromatic carbocycles. The molecule has 0 radical (unpaired) electrons. The van der Waals surface area contributed by atoms with Crippen LogP contribution in [0.3, 0.4) is 0 Å². The molecule has 0 aromatic heterocycles. The van der Waals surface area contributed by atoms with E-state index in [-0.39, 0.29) is 5.41 Å². The highest BCUT2D eigenvalue weighted by Crippen LogP contribution is 2.51. The average Bonchev–Trinajstić information content (AvgIpc) is 2.34. The number of hydrogen-bond donors (Lipinski definition) is 2. The first kappa shape index (κ1) is 12.4. The highest BCUT2D eigenvalue weighted by Gasteiger charge is 2.50. The molecule has 0 aromatic rings. The second kappa shape index (κ2) is 4.66. The Morgan fingerprint density at radius 3 is 2.12 bits per heavy atom. The molecule has 16 heavy (non-hydrogen) atoms. The lowest BCUT2D eigenvalue weighted by Crippen LogP contribution is -2.55. The van der Waals surface area contributed by atoms with Crippen molar-refractivity contribution in [3.63, 3.8) is 0 Å². The third-order valence-corrected chi connectivity index (χ3v) is 5.29. The van der Waals surface area contributed by atoms with Crippen LogP contribution >= 0.6 is 0 Å². The van der Waals surface area contributed by atoms with Crippen LogP contribution in [0.15, 0.2) is 0 Å². The SMILES string of the molecule is CC1CCC(O)(C2(CN)CCCCC2)CC1. The molecule has 2 rings (SSSR count). The topological polar surface area (TPSA) is 46.2 Å². The first-order valence-corrected chi connectivity index (χ1v) is 7.04. The lowest BCUT2D eigenvalue weighted by Gasteiger charge is -2.52. The van der Waals surface area contributed by atoms with E-state index in [1.54, 1.807) is 0 Å². The molecule has 2 saturated carbocycles. The molecule has 2 nitrogen and oxygen atoms in total. The molecule has 0 spiro atoms. The molecule has 2 heteroatoms. The minimum absolute atomic E-state index is 0.0470. The van der Waals surface area contributed by atoms with Gasteiger partial charge in [-0.3, -0.25) is 0 Å². The van der Waals surface area contributed by atoms with E-state index >= 15 is 0 Å². The van der Waals surface area contributed by atoms with Gasteiger partial charge < -0.3 is 10.8 Å². The van der Waals surface area contributed by atoms with Crippen molar-refractivity contribution in [2.75, 3.05) is 6.54 Å². The van der Waals surface area contributed by atoms with Gasteiger partial charge in [-0.2, -0.15) is 0 Å². The smallest absolute Gasteiger partial charge is 0.0716 e. The van der Waals surface area contributed by atoms with Crippen LogP contribution in [0.4, 0.5) is 0 Å². The lowest BCUT2D eigenvalue weighted by atomic mass is 9.58. The maximum Gasteiger partial charge on any atom is 0.0716 e. The van der Waals surface area contributed by atoms with Gasteiger partial charge in [-0.1, -0.05) is 26.2 Å². The predicted octanol–water partition coefficient (Wildman–Crippen LogP) is 2.84. The summed E-state index contributed by atoms with van der Waals surface area (Å²) < 4.78 is 0. The van der Waals surface area contributed by atoms with E-state index in [2.05, 4.69) is 6.92 Å². The highest BCUT2D eigenvalue weighted by molar-refractivity contribution is 5.02. The molecule has 94 valence electrons. The van der Waals surface area contributed by atoms with Crippen LogP contribution in [0.5, 0.6) is 0 Å². The lowest BCUT2D eigenvalue weighted by molar-refractivity contribution is -0.127. The molecule has 0 atom stereocenters. The molecule has 0 amide bonds. The standard InChI is InChI=1S/C14H27NO/c1-12-5-9-14(16,10-6-12)13(11-15)7-3-2-4-8-13/h12,16H,2-11,15H2,1H3. The fourth-order valence-electron chi connectivity index (χ4n) is 3.86. The molecule has 2 fully saturated rings. The predicted molar refractivity (Wildman–Crippen MR) is 67.2 cm³/mol. The van der Waals surface area contributed by atoms with Crippen molar-refractivity contribution in [3.8, 4) is 0 Å². The van der Waals surface area contributed by atoms with Gasteiger partial charge in [0, 0.05) is 12.0 Å². The Morgan fingerprint density at radius 2 is 1.62 bits per heavy atom. The Bertz CT molecular complexity index is 225. The Labute approximate surface area is 99.6 Å². The van der Waals surface area contributed by atoms with Gasteiger partial charge in [0.2, 0.25) is 0 Å². The van der Waals surface area contributed by atoms with E-state index in [0.29, 0.717) is 6.54 Å². The zero-order valence-corrected chi connectivity index (χ0v) is 10.7. The van der Waals surface area contributed by atoms with Gasteiger partial charge in [-0.15, -0.1) is 0 Å². The van der Waals surface area contributed by atoms with Crippen molar-refractivity contribution in [1.82, 2.24) is 0 Å². The Morgan fingerprint density at radius 1 is 1.06 bits per heavy atom. The largest absolute Gasteiger partial charge is 0.389 e. The molecule has 2 aliphatic rings. The van der Waals surface area contributed by atoms with Gasteiger partial charge in [-0.25, -0.2) is 0 Å². The quantitative estimate of drug-likeness (QED) is 0.759. The summed E-state index contributed by atoms with van der Waals surface area (Å²) in [5, 5.41) is 11.0. The molecule has 0 bridgehead atoms. The fourth-order valence-corrected chi connectivity index (χ4v) is 3.86. The van der Waals surface area contributed by atoms with Crippen molar-refractivity contribution in [1.29, 1.82) is 0 Å². The van der Waals surface area contributed by atoms with E-state index in [0.717, 1.165) is 31.6 Å². The second-order valence-electron chi connectivity index (χ2n) is 6.26. The Balaban J connectivity index is 2.12. The van der Waals surface area contributed by atoms with Crippen molar-refractivity contribution >= 4 is 0 Å². The van der Waals surface area contributed by atoms with Crippen molar-refractivity contribution < 1.29 is 5.11 Å². The normalized spacial score (nSPS) is 39.6. The van der Waals surface area contributed by atoms with Crippen LogP contribution < -0.4 is 5.73 Å². The Kier molecular flexibility index (Phi) is 3.60. The summed E-state index contributed by atoms with van der Waals surface area (Å²) in [5.74, 6) is 0.790. The molecule has 0 aliphatic heterocycles. The molecule has 0 heterocycles. The van der Waals surface area contributed by atoms with Gasteiger partial charge in [0.1, 0.15) is 0 Å². The average molecular weight is 225 g/mol. The van der Waals surface area contributed by atoms with Crippen LogP contribution in [0.25, 0.3) is 0 Å². The molecular weight excluding hydrogens is 198 g/mol. The first-order valence-electron chi connectivity index (χ1n) is 7.04. The highest BCUT2D eigenvalue weighted by atomic mass is 16.3. The van der Waals surface area contributed by atoms with Gasteiger partial charge in [0.15, 0.2) is 0 Å². The minimum Gasteiger partial charge on any atom is -0.389 e. The number of hydrogen-bond acceptors (Lipinski definition) is 2. The van der Waals surface area contributed by atoms with Crippen molar-refractivity contribution in [2.45, 2.75) is 70.3 Å². The summed E-state index contributed by atoms with van der Waals surface area (Å²) in [4.78, 5) is 0. The summed E-state index contributed by atoms with van der Waals surface area (Å²) in [5.41, 5.74) is 5.63. The van der Waals surface area contributed by atoms with E-state index in [1.807, 2.05) is 0 Å². The summed E-state index contributed by atoms with van der Waals surface area (Å²) in [6.07, 6.45) is 10.5. The summed E-state index contributed by atoms with van der Waals surface area (Å²) in [7, 11) is 0.